The third-order valence-electron chi connectivity index (χ3n) is 3.19. The highest BCUT2D eigenvalue weighted by molar-refractivity contribution is 7.15. The van der Waals surface area contributed by atoms with E-state index in [9.17, 15) is 9.18 Å². The van der Waals surface area contributed by atoms with Gasteiger partial charge in [0.1, 0.15) is 17.7 Å². The van der Waals surface area contributed by atoms with Crippen LogP contribution in [0.5, 0.6) is 5.75 Å². The molecule has 0 spiro atoms. The number of carbonyl (C=O) groups excluding carboxylic acids is 1. The number of nitrogens with one attached hydrogen (secondary N) is 2. The number of amides is 2. The first-order valence-corrected chi connectivity index (χ1v) is 8.31. The van der Waals surface area contributed by atoms with Crippen LogP contribution in [0.4, 0.5) is 20.0 Å². The van der Waals surface area contributed by atoms with Crippen molar-refractivity contribution >= 4 is 28.2 Å². The molecular weight excluding hydrogens is 343 g/mol. The second-order valence-corrected chi connectivity index (χ2v) is 6.09. The van der Waals surface area contributed by atoms with Crippen LogP contribution in [0.15, 0.2) is 54.6 Å². The summed E-state index contributed by atoms with van der Waals surface area (Å²) >= 11 is 1.19. The zero-order valence-corrected chi connectivity index (χ0v) is 14.1. The van der Waals surface area contributed by atoms with Crippen molar-refractivity contribution in [2.75, 3.05) is 10.6 Å². The number of hydrogen-bond acceptors (Lipinski definition) is 5. The summed E-state index contributed by atoms with van der Waals surface area (Å²) in [6.07, 6.45) is -0.315. The lowest BCUT2D eigenvalue weighted by Gasteiger charge is -2.11. The van der Waals surface area contributed by atoms with E-state index in [1.54, 1.807) is 12.1 Å². The van der Waals surface area contributed by atoms with Gasteiger partial charge in [-0.3, -0.25) is 5.32 Å². The van der Waals surface area contributed by atoms with Gasteiger partial charge >= 0.3 is 6.03 Å². The summed E-state index contributed by atoms with van der Waals surface area (Å²) in [5, 5.41) is 13.8. The smallest absolute Gasteiger partial charge is 0.325 e. The molecule has 3 rings (SSSR count). The van der Waals surface area contributed by atoms with Gasteiger partial charge in [0.05, 0.1) is 5.69 Å². The first kappa shape index (κ1) is 16.8. The van der Waals surface area contributed by atoms with Crippen LogP contribution < -0.4 is 15.4 Å². The van der Waals surface area contributed by atoms with Gasteiger partial charge in [0.25, 0.3) is 0 Å². The lowest BCUT2D eigenvalue weighted by atomic mass is 10.3. The number of hydrogen-bond donors (Lipinski definition) is 2. The van der Waals surface area contributed by atoms with Crippen molar-refractivity contribution in [2.24, 2.45) is 0 Å². The monoisotopic (exact) mass is 358 g/mol. The number of urea groups is 1. The van der Waals surface area contributed by atoms with Gasteiger partial charge in [0.15, 0.2) is 5.01 Å². The third kappa shape index (κ3) is 4.51. The van der Waals surface area contributed by atoms with Crippen molar-refractivity contribution in [2.45, 2.75) is 13.0 Å². The van der Waals surface area contributed by atoms with E-state index < -0.39 is 11.8 Å². The van der Waals surface area contributed by atoms with Gasteiger partial charge in [-0.15, -0.1) is 10.2 Å². The number of aromatic nitrogens is 2. The number of nitrogens with zero attached hydrogens (tertiary/aromatic N) is 2. The molecule has 8 heteroatoms. The average Bonchev–Trinajstić information content (AvgIpc) is 3.06. The summed E-state index contributed by atoms with van der Waals surface area (Å²) in [7, 11) is 0. The Kier molecular flexibility index (Phi) is 5.20. The van der Waals surface area contributed by atoms with E-state index in [4.69, 9.17) is 4.74 Å². The number of anilines is 2. The maximum absolute atomic E-state index is 13.5. The third-order valence-corrected chi connectivity index (χ3v) is 4.19. The number of ether oxygens (including phenoxy) is 1. The maximum Gasteiger partial charge on any atom is 0.325 e. The summed E-state index contributed by atoms with van der Waals surface area (Å²) in [6, 6.07) is 14.7. The van der Waals surface area contributed by atoms with E-state index in [1.807, 2.05) is 37.3 Å². The number of halogens is 1. The topological polar surface area (TPSA) is 76.1 Å². The van der Waals surface area contributed by atoms with Gasteiger partial charge in [0, 0.05) is 0 Å². The molecule has 0 fully saturated rings. The minimum absolute atomic E-state index is 0.0884. The van der Waals surface area contributed by atoms with Gasteiger partial charge in [-0.05, 0) is 31.2 Å². The van der Waals surface area contributed by atoms with Crippen molar-refractivity contribution < 1.29 is 13.9 Å². The largest absolute Gasteiger partial charge is 0.483 e. The van der Waals surface area contributed by atoms with E-state index in [1.165, 1.54) is 23.5 Å². The summed E-state index contributed by atoms with van der Waals surface area (Å²) in [6.45, 7) is 1.84. The van der Waals surface area contributed by atoms with Crippen LogP contribution in [0.25, 0.3) is 0 Å². The Hall–Kier alpha value is -3.00. The molecule has 128 valence electrons. The van der Waals surface area contributed by atoms with Gasteiger partial charge in [-0.25, -0.2) is 9.18 Å². The standard InChI is InChI=1S/C17H15FN4O2S/c1-11(24-12-7-3-2-4-8-12)15-21-22-17(25-15)20-16(23)19-14-10-6-5-9-13(14)18/h2-11H,1H3,(H2,19,20,22,23)/t11-/m1/s1. The van der Waals surface area contributed by atoms with Crippen molar-refractivity contribution in [1.82, 2.24) is 10.2 Å². The second-order valence-electron chi connectivity index (χ2n) is 5.08. The Labute approximate surface area is 147 Å². The van der Waals surface area contributed by atoms with Crippen LogP contribution in [0.1, 0.15) is 18.0 Å². The highest BCUT2D eigenvalue weighted by Gasteiger charge is 2.15. The van der Waals surface area contributed by atoms with Crippen LogP contribution in [-0.2, 0) is 0 Å². The summed E-state index contributed by atoms with van der Waals surface area (Å²) < 4.78 is 19.3. The predicted molar refractivity (Wildman–Crippen MR) is 94.4 cm³/mol. The van der Waals surface area contributed by atoms with E-state index in [0.29, 0.717) is 10.1 Å². The number of benzene rings is 2. The molecular formula is C17H15FN4O2S. The zero-order chi connectivity index (χ0) is 17.6. The molecule has 3 aromatic rings. The molecule has 2 N–H and O–H groups in total. The molecule has 0 aliphatic carbocycles. The minimum Gasteiger partial charge on any atom is -0.483 e. The maximum atomic E-state index is 13.5. The number of para-hydroxylation sites is 2. The van der Waals surface area contributed by atoms with Crippen LogP contribution in [0.3, 0.4) is 0 Å². The molecule has 0 bridgehead atoms. The van der Waals surface area contributed by atoms with Gasteiger partial charge < -0.3 is 10.1 Å². The van der Waals surface area contributed by atoms with Crippen LogP contribution >= 0.6 is 11.3 Å². The van der Waals surface area contributed by atoms with Crippen LogP contribution in [0.2, 0.25) is 0 Å². The average molecular weight is 358 g/mol. The number of carbonyl (C=O) groups is 1. The fraction of sp³-hybridized carbons (Fsp3) is 0.118. The lowest BCUT2D eigenvalue weighted by Crippen LogP contribution is -2.19. The van der Waals surface area contributed by atoms with E-state index in [2.05, 4.69) is 20.8 Å². The Morgan fingerprint density at radius 1 is 1.08 bits per heavy atom. The Balaban J connectivity index is 1.59. The molecule has 0 aliphatic rings. The van der Waals surface area contributed by atoms with E-state index in [0.717, 1.165) is 5.75 Å². The molecule has 6 nitrogen and oxygen atoms in total. The SMILES string of the molecule is C[C@@H](Oc1ccccc1)c1nnc(NC(=O)Nc2ccccc2F)s1. The van der Waals surface area contributed by atoms with Crippen LogP contribution in [-0.4, -0.2) is 16.2 Å². The summed E-state index contributed by atoms with van der Waals surface area (Å²) in [4.78, 5) is 11.9. The molecule has 1 heterocycles. The molecule has 0 unspecified atom stereocenters. The van der Waals surface area contributed by atoms with Gasteiger partial charge in [-0.1, -0.05) is 41.7 Å². The Morgan fingerprint density at radius 3 is 2.56 bits per heavy atom. The van der Waals surface area contributed by atoms with Gasteiger partial charge in [0.2, 0.25) is 5.13 Å². The second kappa shape index (κ2) is 7.71. The molecule has 25 heavy (non-hydrogen) atoms. The molecule has 0 saturated carbocycles. The molecule has 2 aromatic carbocycles. The molecule has 0 radical (unpaired) electrons. The Bertz CT molecular complexity index is 857. The Morgan fingerprint density at radius 2 is 1.80 bits per heavy atom. The molecule has 0 saturated heterocycles. The van der Waals surface area contributed by atoms with E-state index in [-0.39, 0.29) is 11.8 Å². The quantitative estimate of drug-likeness (QED) is 0.706. The highest BCUT2D eigenvalue weighted by atomic mass is 32.1. The molecule has 1 atom stereocenters. The molecule has 0 aliphatic heterocycles. The van der Waals surface area contributed by atoms with Crippen molar-refractivity contribution in [3.63, 3.8) is 0 Å². The predicted octanol–water partition coefficient (Wildman–Crippen LogP) is 4.46. The lowest BCUT2D eigenvalue weighted by molar-refractivity contribution is 0.225. The zero-order valence-electron chi connectivity index (χ0n) is 13.3. The highest BCUT2D eigenvalue weighted by Crippen LogP contribution is 2.26. The molecule has 1 aromatic heterocycles. The van der Waals surface area contributed by atoms with Crippen molar-refractivity contribution in [3.8, 4) is 5.75 Å². The molecule has 2 amide bonds. The van der Waals surface area contributed by atoms with Gasteiger partial charge in [-0.2, -0.15) is 0 Å². The fourth-order valence-electron chi connectivity index (χ4n) is 2.02. The normalized spacial score (nSPS) is 11.6. The number of rotatable bonds is 5. The first-order valence-electron chi connectivity index (χ1n) is 7.49. The van der Waals surface area contributed by atoms with Crippen LogP contribution in [0, 0.1) is 5.82 Å². The van der Waals surface area contributed by atoms with E-state index >= 15 is 0 Å². The summed E-state index contributed by atoms with van der Waals surface area (Å²) in [5.41, 5.74) is 0.0884. The summed E-state index contributed by atoms with van der Waals surface area (Å²) in [5.74, 6) is 0.206. The minimum atomic E-state index is -0.593. The fourth-order valence-corrected chi connectivity index (χ4v) is 2.74. The van der Waals surface area contributed by atoms with Crippen molar-refractivity contribution in [3.05, 3.63) is 65.4 Å². The van der Waals surface area contributed by atoms with Crippen molar-refractivity contribution in [1.29, 1.82) is 0 Å². The first-order chi connectivity index (χ1) is 12.1.